The van der Waals surface area contributed by atoms with Gasteiger partial charge in [0, 0.05) is 19.6 Å². The Morgan fingerprint density at radius 3 is 2.53 bits per heavy atom. The molecule has 3 aliphatic rings. The third-order valence-corrected chi connectivity index (χ3v) is 4.60. The standard InChI is InChI=1S/C12H18N2O3/c1-13-10(7-3-2-4-7)6-14(12(13)17)9-5-8(9)11(15)16/h7-10H,2-6H2,1H3,(H,15,16). The molecule has 1 heterocycles. The predicted octanol–water partition coefficient (Wildman–Crippen LogP) is 0.996. The summed E-state index contributed by atoms with van der Waals surface area (Å²) in [6, 6.07) is 0.287. The van der Waals surface area contributed by atoms with Gasteiger partial charge in [-0.3, -0.25) is 4.79 Å². The summed E-state index contributed by atoms with van der Waals surface area (Å²) in [5, 5.41) is 8.92. The second-order valence-corrected chi connectivity index (χ2v) is 5.55. The van der Waals surface area contributed by atoms with E-state index in [1.54, 1.807) is 4.90 Å². The molecule has 17 heavy (non-hydrogen) atoms. The maximum atomic E-state index is 12.1. The van der Waals surface area contributed by atoms with Crippen LogP contribution in [0.5, 0.6) is 0 Å². The summed E-state index contributed by atoms with van der Waals surface area (Å²) in [5.74, 6) is -0.457. The maximum absolute atomic E-state index is 12.1. The third kappa shape index (κ3) is 1.59. The van der Waals surface area contributed by atoms with E-state index in [1.165, 1.54) is 19.3 Å². The average molecular weight is 238 g/mol. The lowest BCUT2D eigenvalue weighted by Gasteiger charge is -2.34. The Morgan fingerprint density at radius 2 is 2.06 bits per heavy atom. The second kappa shape index (κ2) is 3.62. The van der Waals surface area contributed by atoms with E-state index in [0.717, 1.165) is 6.54 Å². The number of amides is 2. The van der Waals surface area contributed by atoms with Crippen LogP contribution in [0.25, 0.3) is 0 Å². The summed E-state index contributed by atoms with van der Waals surface area (Å²) in [6.07, 6.45) is 4.32. The van der Waals surface area contributed by atoms with Crippen molar-refractivity contribution in [2.24, 2.45) is 11.8 Å². The first-order valence-electron chi connectivity index (χ1n) is 6.36. The quantitative estimate of drug-likeness (QED) is 0.797. The summed E-state index contributed by atoms with van der Waals surface area (Å²) in [6.45, 7) is 0.731. The first-order valence-corrected chi connectivity index (χ1v) is 6.36. The smallest absolute Gasteiger partial charge is 0.320 e. The molecular formula is C12H18N2O3. The minimum atomic E-state index is -0.766. The molecule has 5 nitrogen and oxygen atoms in total. The van der Waals surface area contributed by atoms with Gasteiger partial charge in [0.25, 0.3) is 0 Å². The Kier molecular flexibility index (Phi) is 2.31. The number of hydrogen-bond donors (Lipinski definition) is 1. The molecule has 2 saturated carbocycles. The number of carbonyl (C=O) groups is 2. The van der Waals surface area contributed by atoms with Gasteiger partial charge in [-0.05, 0) is 25.2 Å². The lowest BCUT2D eigenvalue weighted by Crippen LogP contribution is -2.39. The van der Waals surface area contributed by atoms with Crippen LogP contribution in [-0.4, -0.2) is 52.6 Å². The predicted molar refractivity (Wildman–Crippen MR) is 60.5 cm³/mol. The van der Waals surface area contributed by atoms with Crippen molar-refractivity contribution in [1.29, 1.82) is 0 Å². The molecule has 1 saturated heterocycles. The molecule has 0 bridgehead atoms. The Bertz CT molecular complexity index is 367. The zero-order valence-corrected chi connectivity index (χ0v) is 10.0. The largest absolute Gasteiger partial charge is 0.481 e. The van der Waals surface area contributed by atoms with E-state index in [1.807, 2.05) is 11.9 Å². The van der Waals surface area contributed by atoms with Gasteiger partial charge >= 0.3 is 12.0 Å². The molecule has 3 unspecified atom stereocenters. The monoisotopic (exact) mass is 238 g/mol. The Labute approximate surface area is 100 Å². The van der Waals surface area contributed by atoms with Crippen LogP contribution in [0.1, 0.15) is 25.7 Å². The molecule has 0 aromatic heterocycles. The first-order chi connectivity index (χ1) is 8.09. The number of carboxylic acid groups (broad SMARTS) is 1. The summed E-state index contributed by atoms with van der Waals surface area (Å²) < 4.78 is 0. The van der Waals surface area contributed by atoms with Crippen molar-refractivity contribution in [2.75, 3.05) is 13.6 Å². The number of nitrogens with zero attached hydrogens (tertiary/aromatic N) is 2. The lowest BCUT2D eigenvalue weighted by atomic mass is 9.79. The van der Waals surface area contributed by atoms with Crippen molar-refractivity contribution >= 4 is 12.0 Å². The van der Waals surface area contributed by atoms with Gasteiger partial charge < -0.3 is 14.9 Å². The number of urea groups is 1. The second-order valence-electron chi connectivity index (χ2n) is 5.55. The van der Waals surface area contributed by atoms with Gasteiger partial charge in [-0.15, -0.1) is 0 Å². The maximum Gasteiger partial charge on any atom is 0.320 e. The van der Waals surface area contributed by atoms with E-state index >= 15 is 0 Å². The van der Waals surface area contributed by atoms with E-state index in [9.17, 15) is 9.59 Å². The SMILES string of the molecule is CN1C(=O)N(C2CC2C(=O)O)CC1C1CCC1. The highest BCUT2D eigenvalue weighted by Gasteiger charge is 2.53. The first kappa shape index (κ1) is 10.9. The van der Waals surface area contributed by atoms with Gasteiger partial charge in [0.15, 0.2) is 0 Å². The normalized spacial score (nSPS) is 37.2. The summed E-state index contributed by atoms with van der Waals surface area (Å²) in [7, 11) is 1.85. The van der Waals surface area contributed by atoms with Crippen LogP contribution in [0.3, 0.4) is 0 Å². The van der Waals surface area contributed by atoms with Crippen LogP contribution in [0.15, 0.2) is 0 Å². The molecule has 3 atom stereocenters. The minimum Gasteiger partial charge on any atom is -0.481 e. The van der Waals surface area contributed by atoms with Crippen LogP contribution in [-0.2, 0) is 4.79 Å². The molecule has 2 aliphatic carbocycles. The van der Waals surface area contributed by atoms with Crippen molar-refractivity contribution in [3.05, 3.63) is 0 Å². The van der Waals surface area contributed by atoms with Crippen LogP contribution >= 0.6 is 0 Å². The molecule has 94 valence electrons. The van der Waals surface area contributed by atoms with Gasteiger partial charge in [-0.1, -0.05) is 6.42 Å². The van der Waals surface area contributed by atoms with Crippen LogP contribution in [0.4, 0.5) is 4.79 Å². The average Bonchev–Trinajstić information content (AvgIpc) is 2.94. The molecule has 0 aromatic rings. The summed E-state index contributed by atoms with van der Waals surface area (Å²) >= 11 is 0. The fourth-order valence-corrected chi connectivity index (χ4v) is 3.11. The van der Waals surface area contributed by atoms with E-state index in [4.69, 9.17) is 5.11 Å². The molecule has 5 heteroatoms. The van der Waals surface area contributed by atoms with Crippen molar-refractivity contribution in [3.63, 3.8) is 0 Å². The van der Waals surface area contributed by atoms with Gasteiger partial charge in [0.1, 0.15) is 0 Å². The number of likely N-dealkylation sites (N-methyl/N-ethyl adjacent to an activating group) is 1. The van der Waals surface area contributed by atoms with E-state index in [-0.39, 0.29) is 18.0 Å². The number of carboxylic acids is 1. The van der Waals surface area contributed by atoms with Gasteiger partial charge in [-0.25, -0.2) is 4.79 Å². The molecule has 0 spiro atoms. The number of rotatable bonds is 3. The minimum absolute atomic E-state index is 0.0237. The molecule has 3 rings (SSSR count). The van der Waals surface area contributed by atoms with Gasteiger partial charge in [0.05, 0.1) is 12.0 Å². The highest BCUT2D eigenvalue weighted by molar-refractivity contribution is 5.81. The molecule has 1 N–H and O–H groups in total. The van der Waals surface area contributed by atoms with Crippen molar-refractivity contribution in [3.8, 4) is 0 Å². The van der Waals surface area contributed by atoms with E-state index in [2.05, 4.69) is 0 Å². The molecule has 1 aliphatic heterocycles. The van der Waals surface area contributed by atoms with Gasteiger partial charge in [0.2, 0.25) is 0 Å². The molecular weight excluding hydrogens is 220 g/mol. The van der Waals surface area contributed by atoms with Crippen LogP contribution < -0.4 is 0 Å². The fourth-order valence-electron chi connectivity index (χ4n) is 3.11. The summed E-state index contributed by atoms with van der Waals surface area (Å²) in [4.78, 5) is 26.5. The molecule has 0 aromatic carbocycles. The highest BCUT2D eigenvalue weighted by atomic mass is 16.4. The Morgan fingerprint density at radius 1 is 1.35 bits per heavy atom. The topological polar surface area (TPSA) is 60.9 Å². The fraction of sp³-hybridized carbons (Fsp3) is 0.833. The molecule has 0 radical (unpaired) electrons. The van der Waals surface area contributed by atoms with Crippen LogP contribution in [0, 0.1) is 11.8 Å². The van der Waals surface area contributed by atoms with Crippen molar-refractivity contribution in [2.45, 2.75) is 37.8 Å². The van der Waals surface area contributed by atoms with Crippen molar-refractivity contribution < 1.29 is 14.7 Å². The highest BCUT2D eigenvalue weighted by Crippen LogP contribution is 2.42. The Balaban J connectivity index is 1.67. The summed E-state index contributed by atoms with van der Waals surface area (Å²) in [5.41, 5.74) is 0. The molecule has 3 fully saturated rings. The molecule has 2 amide bonds. The number of hydrogen-bond acceptors (Lipinski definition) is 2. The van der Waals surface area contributed by atoms with Crippen molar-refractivity contribution in [1.82, 2.24) is 9.80 Å². The van der Waals surface area contributed by atoms with E-state index in [0.29, 0.717) is 18.4 Å². The third-order valence-electron chi connectivity index (χ3n) is 4.60. The zero-order chi connectivity index (χ0) is 12.2. The lowest BCUT2D eigenvalue weighted by molar-refractivity contribution is -0.138. The van der Waals surface area contributed by atoms with Gasteiger partial charge in [-0.2, -0.15) is 0 Å². The number of carbonyl (C=O) groups excluding carboxylic acids is 1. The van der Waals surface area contributed by atoms with E-state index < -0.39 is 5.97 Å². The Hall–Kier alpha value is -1.26. The number of aliphatic carboxylic acids is 1. The zero-order valence-electron chi connectivity index (χ0n) is 10.0. The van der Waals surface area contributed by atoms with Crippen LogP contribution in [0.2, 0.25) is 0 Å².